The molecule has 1 aliphatic heterocycles. The van der Waals surface area contributed by atoms with Gasteiger partial charge in [0.05, 0.1) is 12.5 Å². The molecular weight excluding hydrogens is 242 g/mol. The van der Waals surface area contributed by atoms with Crippen molar-refractivity contribution in [2.45, 2.75) is 50.0 Å². The van der Waals surface area contributed by atoms with Gasteiger partial charge in [-0.2, -0.15) is 4.98 Å². The molecule has 5 atom stereocenters. The molecule has 5 heteroatoms. The van der Waals surface area contributed by atoms with Crippen LogP contribution in [0.4, 0.5) is 0 Å². The Labute approximate surface area is 112 Å². The van der Waals surface area contributed by atoms with Crippen molar-refractivity contribution >= 4 is 0 Å². The van der Waals surface area contributed by atoms with Crippen LogP contribution in [0.15, 0.2) is 4.52 Å². The van der Waals surface area contributed by atoms with E-state index in [1.807, 2.05) is 0 Å². The second kappa shape index (κ2) is 4.56. The van der Waals surface area contributed by atoms with Crippen LogP contribution < -0.4 is 5.73 Å². The summed E-state index contributed by atoms with van der Waals surface area (Å²) in [6.07, 6.45) is 5.98. The summed E-state index contributed by atoms with van der Waals surface area (Å²) in [5, 5.41) is 4.18. The molecule has 5 nitrogen and oxygen atoms in total. The van der Waals surface area contributed by atoms with Crippen LogP contribution in [-0.2, 0) is 4.74 Å². The molecule has 0 aromatic carbocycles. The maximum atomic E-state index is 6.33. The van der Waals surface area contributed by atoms with E-state index in [0.29, 0.717) is 23.7 Å². The van der Waals surface area contributed by atoms with Crippen LogP contribution in [-0.4, -0.2) is 29.4 Å². The van der Waals surface area contributed by atoms with Gasteiger partial charge in [-0.25, -0.2) is 0 Å². The maximum Gasteiger partial charge on any atom is 0.231 e. The smallest absolute Gasteiger partial charge is 0.231 e. The monoisotopic (exact) mass is 263 g/mol. The van der Waals surface area contributed by atoms with Crippen LogP contribution in [0.1, 0.15) is 55.7 Å². The topological polar surface area (TPSA) is 74.2 Å². The zero-order valence-electron chi connectivity index (χ0n) is 11.1. The summed E-state index contributed by atoms with van der Waals surface area (Å²) in [7, 11) is 0. The van der Waals surface area contributed by atoms with Gasteiger partial charge in [-0.1, -0.05) is 5.16 Å². The summed E-state index contributed by atoms with van der Waals surface area (Å²) in [6, 6.07) is 0.217. The first kappa shape index (κ1) is 11.9. The molecule has 104 valence electrons. The van der Waals surface area contributed by atoms with Crippen LogP contribution in [0.5, 0.6) is 0 Å². The van der Waals surface area contributed by atoms with Gasteiger partial charge in [0.25, 0.3) is 0 Å². The molecule has 2 aliphatic carbocycles. The zero-order valence-corrected chi connectivity index (χ0v) is 11.1. The Hall–Kier alpha value is -0.940. The lowest BCUT2D eigenvalue weighted by Crippen LogP contribution is -2.34. The third-order valence-corrected chi connectivity index (χ3v) is 5.25. The first-order valence-electron chi connectivity index (χ1n) is 7.50. The molecule has 1 aromatic heterocycles. The molecule has 2 heterocycles. The molecule has 0 amide bonds. The lowest BCUT2D eigenvalue weighted by molar-refractivity contribution is 0.0773. The van der Waals surface area contributed by atoms with E-state index in [4.69, 9.17) is 15.0 Å². The van der Waals surface area contributed by atoms with Gasteiger partial charge in [-0.05, 0) is 43.9 Å². The van der Waals surface area contributed by atoms with Crippen molar-refractivity contribution in [3.8, 4) is 0 Å². The number of ether oxygens (including phenoxy) is 1. The number of hydrogen-bond acceptors (Lipinski definition) is 5. The SMILES string of the molecule is NC1C2CCC(C2)C1c1nc(C2CCCOC2)no1. The van der Waals surface area contributed by atoms with E-state index in [2.05, 4.69) is 10.1 Å². The first-order valence-corrected chi connectivity index (χ1v) is 7.50. The van der Waals surface area contributed by atoms with Crippen molar-refractivity contribution in [1.82, 2.24) is 10.1 Å². The average molecular weight is 263 g/mol. The zero-order chi connectivity index (χ0) is 12.8. The van der Waals surface area contributed by atoms with Crippen molar-refractivity contribution in [1.29, 1.82) is 0 Å². The van der Waals surface area contributed by atoms with Gasteiger partial charge in [0.15, 0.2) is 5.82 Å². The minimum absolute atomic E-state index is 0.217. The van der Waals surface area contributed by atoms with Crippen molar-refractivity contribution in [2.24, 2.45) is 17.6 Å². The fourth-order valence-corrected chi connectivity index (χ4v) is 4.20. The number of rotatable bonds is 2. The molecule has 2 saturated carbocycles. The molecule has 2 N–H and O–H groups in total. The highest BCUT2D eigenvalue weighted by molar-refractivity contribution is 5.12. The van der Waals surface area contributed by atoms with E-state index in [9.17, 15) is 0 Å². The quantitative estimate of drug-likeness (QED) is 0.880. The van der Waals surface area contributed by atoms with Crippen LogP contribution in [0.25, 0.3) is 0 Å². The lowest BCUT2D eigenvalue weighted by Gasteiger charge is -2.24. The molecule has 19 heavy (non-hydrogen) atoms. The summed E-state index contributed by atoms with van der Waals surface area (Å²) in [4.78, 5) is 4.65. The molecule has 4 rings (SSSR count). The third kappa shape index (κ3) is 1.91. The highest BCUT2D eigenvalue weighted by Crippen LogP contribution is 2.51. The Balaban J connectivity index is 1.54. The van der Waals surface area contributed by atoms with Crippen molar-refractivity contribution in [3.05, 3.63) is 11.7 Å². The predicted octanol–water partition coefficient (Wildman–Crippen LogP) is 1.80. The molecule has 2 bridgehead atoms. The Morgan fingerprint density at radius 2 is 2.05 bits per heavy atom. The summed E-state index contributed by atoms with van der Waals surface area (Å²) in [5.74, 6) is 3.54. The fourth-order valence-electron chi connectivity index (χ4n) is 4.20. The van der Waals surface area contributed by atoms with Crippen molar-refractivity contribution in [3.63, 3.8) is 0 Å². The lowest BCUT2D eigenvalue weighted by atomic mass is 9.85. The second-order valence-corrected chi connectivity index (χ2v) is 6.34. The maximum absolute atomic E-state index is 6.33. The number of nitrogens with zero attached hydrogens (tertiary/aromatic N) is 2. The van der Waals surface area contributed by atoms with Crippen LogP contribution >= 0.6 is 0 Å². The van der Waals surface area contributed by atoms with Crippen LogP contribution in [0.3, 0.4) is 0 Å². The Kier molecular flexibility index (Phi) is 2.84. The van der Waals surface area contributed by atoms with Gasteiger partial charge in [0.1, 0.15) is 0 Å². The van der Waals surface area contributed by atoms with E-state index in [1.54, 1.807) is 0 Å². The number of hydrogen-bond donors (Lipinski definition) is 1. The van der Waals surface area contributed by atoms with Crippen molar-refractivity contribution < 1.29 is 9.26 Å². The van der Waals surface area contributed by atoms with Gasteiger partial charge in [-0.15, -0.1) is 0 Å². The molecule has 1 aromatic rings. The highest BCUT2D eigenvalue weighted by atomic mass is 16.5. The average Bonchev–Trinajstić information content (AvgIpc) is 3.14. The number of nitrogens with two attached hydrogens (primary N) is 1. The minimum Gasteiger partial charge on any atom is -0.381 e. The van der Waals surface area contributed by atoms with Crippen molar-refractivity contribution in [2.75, 3.05) is 13.2 Å². The largest absolute Gasteiger partial charge is 0.381 e. The molecule has 3 fully saturated rings. The molecule has 0 spiro atoms. The summed E-state index contributed by atoms with van der Waals surface area (Å²) < 4.78 is 11.0. The molecule has 1 saturated heterocycles. The Bertz CT molecular complexity index is 453. The normalized spacial score (nSPS) is 41.8. The Morgan fingerprint density at radius 1 is 1.16 bits per heavy atom. The van der Waals surface area contributed by atoms with E-state index >= 15 is 0 Å². The van der Waals surface area contributed by atoms with Gasteiger partial charge in [0.2, 0.25) is 5.89 Å². The van der Waals surface area contributed by atoms with E-state index in [1.165, 1.54) is 19.3 Å². The van der Waals surface area contributed by atoms with Gasteiger partial charge < -0.3 is 15.0 Å². The van der Waals surface area contributed by atoms with Gasteiger partial charge in [0, 0.05) is 18.6 Å². The van der Waals surface area contributed by atoms with Gasteiger partial charge >= 0.3 is 0 Å². The number of aromatic nitrogens is 2. The van der Waals surface area contributed by atoms with Crippen LogP contribution in [0.2, 0.25) is 0 Å². The predicted molar refractivity (Wildman–Crippen MR) is 68.6 cm³/mol. The second-order valence-electron chi connectivity index (χ2n) is 6.34. The summed E-state index contributed by atoms with van der Waals surface area (Å²) >= 11 is 0. The van der Waals surface area contributed by atoms with Crippen LogP contribution in [0, 0.1) is 11.8 Å². The van der Waals surface area contributed by atoms with E-state index in [0.717, 1.165) is 37.8 Å². The molecule has 0 radical (unpaired) electrons. The summed E-state index contributed by atoms with van der Waals surface area (Å²) in [5.41, 5.74) is 6.33. The number of fused-ring (bicyclic) bond motifs is 2. The third-order valence-electron chi connectivity index (χ3n) is 5.25. The van der Waals surface area contributed by atoms with E-state index in [-0.39, 0.29) is 6.04 Å². The molecule has 5 unspecified atom stereocenters. The standard InChI is InChI=1S/C14H21N3O2/c15-12-9-4-3-8(6-9)11(12)14-16-13(17-19-14)10-2-1-5-18-7-10/h8-12H,1-7,15H2. The highest BCUT2D eigenvalue weighted by Gasteiger charge is 2.49. The molecular formula is C14H21N3O2. The molecule has 3 aliphatic rings. The first-order chi connectivity index (χ1) is 9.33. The fraction of sp³-hybridized carbons (Fsp3) is 0.857. The van der Waals surface area contributed by atoms with Gasteiger partial charge in [-0.3, -0.25) is 0 Å². The minimum atomic E-state index is 0.217. The summed E-state index contributed by atoms with van der Waals surface area (Å²) in [6.45, 7) is 1.58. The van der Waals surface area contributed by atoms with E-state index < -0.39 is 0 Å². The Morgan fingerprint density at radius 3 is 2.79 bits per heavy atom.